The molecule has 0 fully saturated rings. The summed E-state index contributed by atoms with van der Waals surface area (Å²) >= 11 is 0. The van der Waals surface area contributed by atoms with Crippen LogP contribution >= 0.6 is 0 Å². The van der Waals surface area contributed by atoms with Gasteiger partial charge in [-0.1, -0.05) is 150 Å². The molecule has 0 saturated heterocycles. The summed E-state index contributed by atoms with van der Waals surface area (Å²) in [5, 5.41) is 1.11. The van der Waals surface area contributed by atoms with Gasteiger partial charge in [0, 0.05) is 69.6 Å². The maximum absolute atomic E-state index is 8.71. The van der Waals surface area contributed by atoms with Crippen LogP contribution in [0.5, 0.6) is 0 Å². The Labute approximate surface area is 426 Å². The molecule has 0 spiro atoms. The van der Waals surface area contributed by atoms with Crippen molar-refractivity contribution in [1.29, 1.82) is 0 Å². The molecule has 0 amide bonds. The van der Waals surface area contributed by atoms with Crippen molar-refractivity contribution in [2.45, 2.75) is 88.5 Å². The van der Waals surface area contributed by atoms with E-state index in [4.69, 9.17) is 30.5 Å². The van der Waals surface area contributed by atoms with Gasteiger partial charge in [-0.2, -0.15) is 0 Å². The Bertz CT molecular complexity index is 3870. The van der Waals surface area contributed by atoms with Crippen LogP contribution in [0.2, 0.25) is 0 Å². The minimum Gasteiger partial charge on any atom is -0.486 e. The van der Waals surface area contributed by atoms with Crippen LogP contribution in [0.15, 0.2) is 138 Å². The first-order chi connectivity index (χ1) is 38.1. The van der Waals surface area contributed by atoms with Gasteiger partial charge in [0.15, 0.2) is 0 Å². The Morgan fingerprint density at radius 1 is 0.569 bits per heavy atom. The number of hydrogen-bond donors (Lipinski definition) is 0. The predicted molar refractivity (Wildman–Crippen MR) is 268 cm³/mol. The number of fused-ring (bicyclic) bond motifs is 3. The van der Waals surface area contributed by atoms with E-state index >= 15 is 0 Å². The fourth-order valence-corrected chi connectivity index (χ4v) is 7.44. The molecule has 65 heavy (non-hydrogen) atoms. The molecule has 0 N–H and O–H groups in total. The monoisotopic (exact) mass is 1050 g/mol. The van der Waals surface area contributed by atoms with Crippen LogP contribution in [0, 0.1) is 57.2 Å². The molecule has 4 aromatic heterocycles. The molecule has 0 unspecified atom stereocenters. The van der Waals surface area contributed by atoms with Gasteiger partial charge in [-0.25, -0.2) is 4.98 Å². The molecule has 4 nitrogen and oxygen atoms in total. The molecule has 1 radical (unpaired) electrons. The van der Waals surface area contributed by atoms with Crippen molar-refractivity contribution in [3.05, 3.63) is 185 Å². The van der Waals surface area contributed by atoms with Crippen LogP contribution in [0.25, 0.3) is 78.0 Å². The van der Waals surface area contributed by atoms with Crippen LogP contribution < -0.4 is 0 Å². The molecule has 5 aromatic carbocycles. The van der Waals surface area contributed by atoms with Crippen molar-refractivity contribution in [3.8, 4) is 55.9 Å². The van der Waals surface area contributed by atoms with E-state index in [0.29, 0.717) is 38.7 Å². The van der Waals surface area contributed by atoms with E-state index in [2.05, 4.69) is 27.1 Å². The first-order valence-corrected chi connectivity index (χ1v) is 20.7. The van der Waals surface area contributed by atoms with Gasteiger partial charge in [0.05, 0.1) is 5.58 Å². The maximum Gasteiger partial charge on any atom is 0.216 e. The van der Waals surface area contributed by atoms with Crippen LogP contribution in [-0.4, -0.2) is 15.0 Å². The van der Waals surface area contributed by atoms with Crippen molar-refractivity contribution >= 4 is 22.1 Å². The molecule has 9 rings (SSSR count). The normalized spacial score (nSPS) is 17.4. The van der Waals surface area contributed by atoms with Crippen molar-refractivity contribution in [3.63, 3.8) is 0 Å². The molecule has 4 heterocycles. The molecule has 0 bridgehead atoms. The van der Waals surface area contributed by atoms with E-state index in [0.717, 1.165) is 11.8 Å². The summed E-state index contributed by atoms with van der Waals surface area (Å²) < 4.78 is 162. The summed E-state index contributed by atoms with van der Waals surface area (Å²) in [6.07, 6.45) is -0.730. The van der Waals surface area contributed by atoms with Crippen LogP contribution in [-0.2, 0) is 32.9 Å². The van der Waals surface area contributed by atoms with E-state index in [1.54, 1.807) is 63.4 Å². The summed E-state index contributed by atoms with van der Waals surface area (Å²) in [5.41, 5.74) is 2.69. The molecule has 0 atom stereocenters. The Balaban J connectivity index is 0.000000285. The smallest absolute Gasteiger partial charge is 0.216 e. The average Bonchev–Trinajstić information content (AvgIpc) is 1.48. The number of aryl methyl sites for hydroxylation is 5. The molecule has 0 aliphatic heterocycles. The van der Waals surface area contributed by atoms with Gasteiger partial charge in [0.1, 0.15) is 0 Å². The number of aromatic nitrogens is 3. The second-order valence-corrected chi connectivity index (χ2v) is 17.6. The second kappa shape index (κ2) is 19.2. The predicted octanol–water partition coefficient (Wildman–Crippen LogP) is 16.1. The van der Waals surface area contributed by atoms with Crippen molar-refractivity contribution in [1.82, 2.24) is 15.0 Å². The van der Waals surface area contributed by atoms with E-state index < -0.39 is 57.8 Å². The molecular weight excluding hydrogens is 971 g/mol. The number of rotatable bonds is 7. The van der Waals surface area contributed by atoms with Gasteiger partial charge in [0.25, 0.3) is 0 Å². The van der Waals surface area contributed by atoms with E-state index in [1.165, 1.54) is 54.6 Å². The second-order valence-electron chi connectivity index (χ2n) is 17.6. The zero-order chi connectivity index (χ0) is 61.4. The number of furan rings is 1. The van der Waals surface area contributed by atoms with Crippen molar-refractivity contribution in [2.75, 3.05) is 0 Å². The third kappa shape index (κ3) is 10.9. The Kier molecular flexibility index (Phi) is 8.32. The van der Waals surface area contributed by atoms with Gasteiger partial charge in [-0.3, -0.25) is 0 Å². The van der Waals surface area contributed by atoms with E-state index in [9.17, 15) is 0 Å². The van der Waals surface area contributed by atoms with E-state index in [1.807, 2.05) is 51.1 Å². The van der Waals surface area contributed by atoms with Crippen LogP contribution in [0.3, 0.4) is 0 Å². The van der Waals surface area contributed by atoms with Gasteiger partial charge in [-0.05, 0) is 130 Å². The van der Waals surface area contributed by atoms with Gasteiger partial charge >= 0.3 is 0 Å². The summed E-state index contributed by atoms with van der Waals surface area (Å²) in [6.45, 7) is -2.26. The zero-order valence-corrected chi connectivity index (χ0v) is 39.2. The Morgan fingerprint density at radius 2 is 1.29 bits per heavy atom. The number of pyridine rings is 3. The zero-order valence-electron chi connectivity index (χ0n) is 55.8. The first kappa shape index (κ1) is 28.1. The van der Waals surface area contributed by atoms with Gasteiger partial charge < -0.3 is 14.4 Å². The quantitative estimate of drug-likeness (QED) is 0.149. The number of nitrogens with zero attached hydrogens (tertiary/aromatic N) is 3. The SMILES string of the molecule is [2H]C([2H])([2H])c1c[c-]c(-c2ccc(C([2H])([2H])C(C)(C)C)cn2)cc1-c1ccccc1.[2H]C([2H])([2H])c1ccc2c(n1)oc1c(-c3cc(-c4ccc(-c5ccc(C([2H])([2H])C(C)(C)C)cc5C([2H])([2H])[2H])cc4C([2H])([2H])[2H])c(C([2H])([2H])[2H])cn3)[c-]ccc12.[Ir]. The Morgan fingerprint density at radius 3 is 2.02 bits per heavy atom. The maximum atomic E-state index is 8.71. The molecule has 5 heteroatoms. The fourth-order valence-electron chi connectivity index (χ4n) is 7.44. The molecule has 331 valence electrons. The standard InChI is InChI=1S/C37H35N2O.C23H24N.Ir/c1-22-17-26(20-37(5,6)7)12-15-28(22)27-13-16-29(23(2)18-27)33-19-34(38-21-24(33)3)32-10-8-9-30-31-14-11-25(4)39-36(31)40-35(30)32;1-17-10-12-20(14-21(17)19-8-6-5-7-9-19)22-13-11-18(16-24-22)15-23(2,3)4;/h8-9,11-19,21H,20H2,1-7H3;5-11,13-14,16H,15H2,1-4H3;/q2*-1;/i1D3,2D3,3D3,4D3,20D2;1D3,15D2;. The van der Waals surface area contributed by atoms with E-state index in [-0.39, 0.29) is 92.9 Å². The molecule has 0 aliphatic rings. The summed E-state index contributed by atoms with van der Waals surface area (Å²) in [6, 6.07) is 38.5. The number of benzene rings is 5. The first-order valence-electron chi connectivity index (χ1n) is 30.2. The van der Waals surface area contributed by atoms with Gasteiger partial charge in [-0.15, -0.1) is 47.5 Å². The third-order valence-corrected chi connectivity index (χ3v) is 10.2. The summed E-state index contributed by atoms with van der Waals surface area (Å²) in [5.74, 6) is 0. The Hall–Kier alpha value is -6.00. The average molecular weight is 1050 g/mol. The molecule has 0 aliphatic carbocycles. The van der Waals surface area contributed by atoms with Crippen molar-refractivity contribution in [2.24, 2.45) is 10.8 Å². The molecule has 0 saturated carbocycles. The minimum absolute atomic E-state index is 0. The molecule has 9 aromatic rings. The third-order valence-electron chi connectivity index (χ3n) is 10.2. The summed E-state index contributed by atoms with van der Waals surface area (Å²) in [4.78, 5) is 13.1. The fraction of sp³-hybridized carbons (Fsp3) is 0.250. The van der Waals surface area contributed by atoms with Crippen LogP contribution in [0.1, 0.15) is 107 Å². The number of hydrogen-bond acceptors (Lipinski definition) is 4. The summed E-state index contributed by atoms with van der Waals surface area (Å²) in [7, 11) is 0. The minimum atomic E-state index is -2.80. The van der Waals surface area contributed by atoms with Crippen LogP contribution in [0.4, 0.5) is 0 Å². The largest absolute Gasteiger partial charge is 0.486 e. The van der Waals surface area contributed by atoms with Crippen molar-refractivity contribution < 1.29 is 50.6 Å². The topological polar surface area (TPSA) is 51.8 Å². The molecular formula is C60H59IrN3O-2. The van der Waals surface area contributed by atoms with Gasteiger partial charge in [0.2, 0.25) is 5.71 Å².